The van der Waals surface area contributed by atoms with Crippen molar-refractivity contribution in [3.8, 4) is 6.07 Å². The summed E-state index contributed by atoms with van der Waals surface area (Å²) >= 11 is 0. The van der Waals surface area contributed by atoms with Crippen LogP contribution in [0, 0.1) is 11.3 Å². The second-order valence-corrected chi connectivity index (χ2v) is 5.45. The lowest BCUT2D eigenvalue weighted by molar-refractivity contribution is -0.139. The van der Waals surface area contributed by atoms with Crippen LogP contribution in [0.1, 0.15) is 31.8 Å². The monoisotopic (exact) mass is 352 g/mol. The minimum atomic E-state index is -1.20. The number of esters is 1. The van der Waals surface area contributed by atoms with Gasteiger partial charge in [-0.15, -0.1) is 0 Å². The van der Waals surface area contributed by atoms with Crippen molar-refractivity contribution in [2.45, 2.75) is 12.5 Å². The Balaban J connectivity index is 2.17. The maximum Gasteiger partial charge on any atom is 0.337 e. The average molecular weight is 352 g/mol. The van der Waals surface area contributed by atoms with E-state index in [9.17, 15) is 19.5 Å². The molecular weight excluding hydrogens is 336 g/mol. The highest BCUT2D eigenvalue weighted by Gasteiger charge is 2.22. The first-order valence-electron chi connectivity index (χ1n) is 7.65. The van der Waals surface area contributed by atoms with Crippen molar-refractivity contribution in [2.24, 2.45) is 0 Å². The number of hydrogen-bond donors (Lipinski definition) is 2. The molecule has 0 unspecified atom stereocenters. The first-order valence-corrected chi connectivity index (χ1v) is 7.65. The summed E-state index contributed by atoms with van der Waals surface area (Å²) < 4.78 is 4.60. The van der Waals surface area contributed by atoms with Gasteiger partial charge in [-0.3, -0.25) is 4.79 Å². The fraction of sp³-hybridized carbons (Fsp3) is 0.158. The molecule has 2 N–H and O–H groups in total. The van der Waals surface area contributed by atoms with E-state index in [0.29, 0.717) is 11.1 Å². The van der Waals surface area contributed by atoms with Crippen LogP contribution < -0.4 is 5.32 Å². The zero-order valence-electron chi connectivity index (χ0n) is 13.9. The van der Waals surface area contributed by atoms with Crippen LogP contribution in [-0.2, 0) is 16.0 Å². The molecule has 0 aliphatic carbocycles. The van der Waals surface area contributed by atoms with Crippen LogP contribution in [0.15, 0.2) is 48.5 Å². The quantitative estimate of drug-likeness (QED) is 0.765. The van der Waals surface area contributed by atoms with Crippen molar-refractivity contribution < 1.29 is 24.2 Å². The maximum atomic E-state index is 12.4. The van der Waals surface area contributed by atoms with E-state index in [1.54, 1.807) is 24.3 Å². The van der Waals surface area contributed by atoms with Crippen molar-refractivity contribution in [2.75, 3.05) is 7.11 Å². The zero-order valence-corrected chi connectivity index (χ0v) is 13.9. The summed E-state index contributed by atoms with van der Waals surface area (Å²) in [5.74, 6) is -2.42. The molecule has 0 heterocycles. The molecule has 0 aromatic heterocycles. The molecule has 2 aromatic carbocycles. The zero-order chi connectivity index (χ0) is 19.1. The maximum absolute atomic E-state index is 12.4. The number of nitriles is 1. The minimum absolute atomic E-state index is 0.0211. The number of carboxylic acid groups (broad SMARTS) is 1. The molecule has 1 amide bonds. The Morgan fingerprint density at radius 3 is 2.50 bits per heavy atom. The number of benzene rings is 2. The number of carboxylic acids is 1. The third-order valence-corrected chi connectivity index (χ3v) is 3.65. The molecule has 132 valence electrons. The van der Waals surface area contributed by atoms with Crippen molar-refractivity contribution in [1.29, 1.82) is 5.26 Å². The van der Waals surface area contributed by atoms with Crippen LogP contribution in [0.5, 0.6) is 0 Å². The van der Waals surface area contributed by atoms with Crippen molar-refractivity contribution >= 4 is 17.8 Å². The number of amides is 1. The summed E-state index contributed by atoms with van der Waals surface area (Å²) in [6.07, 6.45) is 0.0211. The lowest BCUT2D eigenvalue weighted by atomic mass is 10.0. The lowest BCUT2D eigenvalue weighted by Crippen LogP contribution is -2.42. The smallest absolute Gasteiger partial charge is 0.337 e. The van der Waals surface area contributed by atoms with Gasteiger partial charge in [0, 0.05) is 12.0 Å². The van der Waals surface area contributed by atoms with Gasteiger partial charge >= 0.3 is 11.9 Å². The van der Waals surface area contributed by atoms with Gasteiger partial charge in [0.15, 0.2) is 0 Å². The van der Waals surface area contributed by atoms with Crippen molar-refractivity contribution in [1.82, 2.24) is 5.32 Å². The molecule has 7 nitrogen and oxygen atoms in total. The first kappa shape index (κ1) is 18.7. The van der Waals surface area contributed by atoms with E-state index in [4.69, 9.17) is 5.26 Å². The molecule has 0 spiro atoms. The van der Waals surface area contributed by atoms with Crippen LogP contribution in [-0.4, -0.2) is 36.1 Å². The van der Waals surface area contributed by atoms with Crippen LogP contribution >= 0.6 is 0 Å². The number of nitrogens with one attached hydrogen (secondary N) is 1. The molecule has 0 aliphatic rings. The van der Waals surface area contributed by atoms with Gasteiger partial charge in [-0.05, 0) is 35.9 Å². The number of hydrogen-bond acceptors (Lipinski definition) is 5. The van der Waals surface area contributed by atoms with Gasteiger partial charge < -0.3 is 15.2 Å². The molecule has 0 radical (unpaired) electrons. The summed E-state index contributed by atoms with van der Waals surface area (Å²) in [5.41, 5.74) is 1.35. The van der Waals surface area contributed by atoms with Crippen molar-refractivity contribution in [3.05, 3.63) is 70.8 Å². The van der Waals surface area contributed by atoms with Crippen molar-refractivity contribution in [3.63, 3.8) is 0 Å². The fourth-order valence-corrected chi connectivity index (χ4v) is 2.35. The molecule has 2 rings (SSSR count). The van der Waals surface area contributed by atoms with Gasteiger partial charge in [-0.2, -0.15) is 5.26 Å². The molecule has 0 fully saturated rings. The minimum Gasteiger partial charge on any atom is -0.480 e. The topological polar surface area (TPSA) is 116 Å². The number of carbonyl (C=O) groups is 3. The highest BCUT2D eigenvalue weighted by atomic mass is 16.5. The number of ether oxygens (including phenoxy) is 1. The van der Waals surface area contributed by atoms with Gasteiger partial charge in [-0.1, -0.05) is 18.2 Å². The summed E-state index contributed by atoms with van der Waals surface area (Å²) in [5, 5.41) is 20.7. The van der Waals surface area contributed by atoms with E-state index in [-0.39, 0.29) is 17.5 Å². The molecule has 0 saturated carbocycles. The van der Waals surface area contributed by atoms with E-state index >= 15 is 0 Å². The molecule has 0 bridgehead atoms. The predicted octanol–water partition coefficient (Wildman–Crippen LogP) is 1.77. The SMILES string of the molecule is COC(=O)c1cccc(C(=O)N[C@H](Cc2cccc(C#N)c2)C(=O)O)c1. The Kier molecular flexibility index (Phi) is 6.06. The highest BCUT2D eigenvalue weighted by Crippen LogP contribution is 2.10. The third-order valence-electron chi connectivity index (χ3n) is 3.65. The number of rotatable bonds is 6. The van der Waals surface area contributed by atoms with Crippen LogP contribution in [0.25, 0.3) is 0 Å². The lowest BCUT2D eigenvalue weighted by Gasteiger charge is -2.15. The van der Waals surface area contributed by atoms with Gasteiger partial charge in [-0.25, -0.2) is 9.59 Å². The molecule has 2 aromatic rings. The largest absolute Gasteiger partial charge is 0.480 e. The molecular formula is C19H16N2O5. The molecule has 26 heavy (non-hydrogen) atoms. The number of nitrogens with zero attached hydrogens (tertiary/aromatic N) is 1. The number of methoxy groups -OCH3 is 1. The Morgan fingerprint density at radius 1 is 1.15 bits per heavy atom. The van der Waals surface area contributed by atoms with Gasteiger partial charge in [0.05, 0.1) is 24.3 Å². The number of aliphatic carboxylic acids is 1. The van der Waals surface area contributed by atoms with E-state index in [1.807, 2.05) is 6.07 Å². The second-order valence-electron chi connectivity index (χ2n) is 5.45. The Labute approximate surface area is 149 Å². The molecule has 0 aliphatic heterocycles. The van der Waals surface area contributed by atoms with Gasteiger partial charge in [0.1, 0.15) is 6.04 Å². The molecule has 0 saturated heterocycles. The van der Waals surface area contributed by atoms with E-state index in [1.165, 1.54) is 31.4 Å². The van der Waals surface area contributed by atoms with Crippen LogP contribution in [0.4, 0.5) is 0 Å². The van der Waals surface area contributed by atoms with E-state index < -0.39 is 23.9 Å². The Hall–Kier alpha value is -3.66. The standard InChI is InChI=1S/C19H16N2O5/c1-26-19(25)15-7-3-6-14(10-15)17(22)21-16(18(23)24)9-12-4-2-5-13(8-12)11-20/h2-8,10,16H,9H2,1H3,(H,21,22)(H,23,24)/t16-/m1/s1. The Bertz CT molecular complexity index is 885. The molecule has 7 heteroatoms. The highest BCUT2D eigenvalue weighted by molar-refractivity contribution is 5.99. The number of carbonyl (C=O) groups excluding carboxylic acids is 2. The Morgan fingerprint density at radius 2 is 1.85 bits per heavy atom. The third kappa shape index (κ3) is 4.68. The fourth-order valence-electron chi connectivity index (χ4n) is 2.35. The first-order chi connectivity index (χ1) is 12.4. The average Bonchev–Trinajstić information content (AvgIpc) is 2.66. The molecule has 1 atom stereocenters. The van der Waals surface area contributed by atoms with Gasteiger partial charge in [0.25, 0.3) is 5.91 Å². The van der Waals surface area contributed by atoms with E-state index in [2.05, 4.69) is 10.1 Å². The second kappa shape index (κ2) is 8.44. The van der Waals surface area contributed by atoms with Gasteiger partial charge in [0.2, 0.25) is 0 Å². The predicted molar refractivity (Wildman–Crippen MR) is 91.5 cm³/mol. The summed E-state index contributed by atoms with van der Waals surface area (Å²) in [6.45, 7) is 0. The summed E-state index contributed by atoms with van der Waals surface area (Å²) in [4.78, 5) is 35.4. The normalized spacial score (nSPS) is 11.1. The van der Waals surface area contributed by atoms with E-state index in [0.717, 1.165) is 0 Å². The summed E-state index contributed by atoms with van der Waals surface area (Å²) in [7, 11) is 1.23. The summed E-state index contributed by atoms with van der Waals surface area (Å²) in [6, 6.07) is 13.1. The van der Waals surface area contributed by atoms with Crippen LogP contribution in [0.2, 0.25) is 0 Å². The van der Waals surface area contributed by atoms with Crippen LogP contribution in [0.3, 0.4) is 0 Å².